The highest BCUT2D eigenvalue weighted by atomic mass is 16.6. The molecule has 0 radical (unpaired) electrons. The summed E-state index contributed by atoms with van der Waals surface area (Å²) >= 11 is 0. The number of rotatable bonds is 7. The molecule has 2 N–H and O–H groups in total. The van der Waals surface area contributed by atoms with Crippen molar-refractivity contribution in [3.63, 3.8) is 0 Å². The van der Waals surface area contributed by atoms with Crippen LogP contribution in [0.2, 0.25) is 0 Å². The Bertz CT molecular complexity index is 972. The fourth-order valence-electron chi connectivity index (χ4n) is 2.58. The van der Waals surface area contributed by atoms with E-state index in [1.165, 1.54) is 5.56 Å². The molecule has 3 aromatic rings. The van der Waals surface area contributed by atoms with Crippen molar-refractivity contribution >= 4 is 17.3 Å². The number of hydrogen-bond acceptors (Lipinski definition) is 5. The summed E-state index contributed by atoms with van der Waals surface area (Å²) in [6.07, 6.45) is 0.783. The summed E-state index contributed by atoms with van der Waals surface area (Å²) in [5.74, 6) is -0.310. The standard InChI is InChI=1S/C21H18N2O5/c24-20-11-8-17(23(26)27)14-19(20)21(25)22-16-6-9-18(10-7-16)28-13-12-15-4-2-1-3-5-15/h1-11,14,24H,12-13H2,(H,22,25). The van der Waals surface area contributed by atoms with E-state index in [1.54, 1.807) is 24.3 Å². The van der Waals surface area contributed by atoms with Crippen LogP contribution in [0.3, 0.4) is 0 Å². The average molecular weight is 378 g/mol. The minimum Gasteiger partial charge on any atom is -0.507 e. The van der Waals surface area contributed by atoms with Crippen molar-refractivity contribution in [1.82, 2.24) is 0 Å². The molecule has 0 bridgehead atoms. The maximum atomic E-state index is 12.3. The first-order valence-electron chi connectivity index (χ1n) is 8.58. The summed E-state index contributed by atoms with van der Waals surface area (Å²) in [7, 11) is 0. The lowest BCUT2D eigenvalue weighted by molar-refractivity contribution is -0.384. The van der Waals surface area contributed by atoms with Crippen LogP contribution in [-0.4, -0.2) is 22.5 Å². The number of phenols is 1. The van der Waals surface area contributed by atoms with Gasteiger partial charge in [0.15, 0.2) is 0 Å². The van der Waals surface area contributed by atoms with Crippen LogP contribution in [0.25, 0.3) is 0 Å². The van der Waals surface area contributed by atoms with Gasteiger partial charge < -0.3 is 15.2 Å². The number of nitro groups is 1. The topological polar surface area (TPSA) is 102 Å². The zero-order valence-electron chi connectivity index (χ0n) is 14.9. The molecular weight excluding hydrogens is 360 g/mol. The quantitative estimate of drug-likeness (QED) is 0.474. The third kappa shape index (κ3) is 4.85. The smallest absolute Gasteiger partial charge is 0.270 e. The van der Waals surface area contributed by atoms with E-state index in [0.717, 1.165) is 24.6 Å². The van der Waals surface area contributed by atoms with Crippen molar-refractivity contribution in [3.8, 4) is 11.5 Å². The number of hydrogen-bond donors (Lipinski definition) is 2. The lowest BCUT2D eigenvalue weighted by Crippen LogP contribution is -2.12. The van der Waals surface area contributed by atoms with Crippen molar-refractivity contribution in [2.75, 3.05) is 11.9 Å². The molecule has 142 valence electrons. The number of aromatic hydroxyl groups is 1. The average Bonchev–Trinajstić information content (AvgIpc) is 2.70. The summed E-state index contributed by atoms with van der Waals surface area (Å²) in [5.41, 5.74) is 1.22. The Labute approximate surface area is 161 Å². The van der Waals surface area contributed by atoms with E-state index in [4.69, 9.17) is 4.74 Å². The van der Waals surface area contributed by atoms with Crippen molar-refractivity contribution in [1.29, 1.82) is 0 Å². The van der Waals surface area contributed by atoms with Crippen LogP contribution in [0.1, 0.15) is 15.9 Å². The number of carbonyl (C=O) groups is 1. The van der Waals surface area contributed by atoms with Gasteiger partial charge in [-0.15, -0.1) is 0 Å². The monoisotopic (exact) mass is 378 g/mol. The van der Waals surface area contributed by atoms with E-state index in [0.29, 0.717) is 18.0 Å². The Balaban J connectivity index is 1.59. The second-order valence-corrected chi connectivity index (χ2v) is 6.02. The Kier molecular flexibility index (Phi) is 5.86. The molecule has 0 aromatic heterocycles. The number of amides is 1. The number of nitrogens with one attached hydrogen (secondary N) is 1. The first-order valence-corrected chi connectivity index (χ1v) is 8.58. The third-order valence-electron chi connectivity index (χ3n) is 4.05. The Hall–Kier alpha value is -3.87. The first-order chi connectivity index (χ1) is 13.5. The van der Waals surface area contributed by atoms with Crippen LogP contribution in [0.15, 0.2) is 72.8 Å². The van der Waals surface area contributed by atoms with Crippen molar-refractivity contribution in [3.05, 3.63) is 94.0 Å². The minimum absolute atomic E-state index is 0.169. The molecule has 7 nitrogen and oxygen atoms in total. The maximum absolute atomic E-state index is 12.3. The van der Waals surface area contributed by atoms with Gasteiger partial charge in [-0.1, -0.05) is 30.3 Å². The van der Waals surface area contributed by atoms with Crippen LogP contribution in [0.5, 0.6) is 11.5 Å². The first kappa shape index (κ1) is 18.9. The van der Waals surface area contributed by atoms with Crippen LogP contribution in [0, 0.1) is 10.1 Å². The fraction of sp³-hybridized carbons (Fsp3) is 0.0952. The predicted octanol–water partition coefficient (Wildman–Crippen LogP) is 4.17. The molecule has 0 atom stereocenters. The maximum Gasteiger partial charge on any atom is 0.270 e. The summed E-state index contributed by atoms with van der Waals surface area (Å²) in [4.78, 5) is 22.5. The predicted molar refractivity (Wildman–Crippen MR) is 105 cm³/mol. The lowest BCUT2D eigenvalue weighted by Gasteiger charge is -2.09. The lowest BCUT2D eigenvalue weighted by atomic mass is 10.1. The molecule has 1 amide bonds. The number of phenolic OH excluding ortho intramolecular Hbond substituents is 1. The molecule has 0 unspecified atom stereocenters. The van der Waals surface area contributed by atoms with Crippen molar-refractivity contribution in [2.45, 2.75) is 6.42 Å². The Morgan fingerprint density at radius 3 is 2.43 bits per heavy atom. The molecule has 7 heteroatoms. The summed E-state index contributed by atoms with van der Waals surface area (Å²) in [6, 6.07) is 20.0. The Morgan fingerprint density at radius 2 is 1.75 bits per heavy atom. The van der Waals surface area contributed by atoms with Gasteiger partial charge >= 0.3 is 0 Å². The normalized spacial score (nSPS) is 10.3. The van der Waals surface area contributed by atoms with Crippen molar-refractivity contribution in [2.24, 2.45) is 0 Å². The molecule has 0 heterocycles. The number of non-ortho nitro benzene ring substituents is 1. The van der Waals surface area contributed by atoms with Gasteiger partial charge in [0.25, 0.3) is 11.6 Å². The highest BCUT2D eigenvalue weighted by molar-refractivity contribution is 6.06. The highest BCUT2D eigenvalue weighted by Gasteiger charge is 2.16. The summed E-state index contributed by atoms with van der Waals surface area (Å²) in [5, 5.41) is 23.2. The van der Waals surface area contributed by atoms with E-state index < -0.39 is 10.8 Å². The molecule has 3 aromatic carbocycles. The number of nitro benzene ring substituents is 1. The molecule has 0 spiro atoms. The van der Waals surface area contributed by atoms with Gasteiger partial charge in [-0.3, -0.25) is 14.9 Å². The number of anilines is 1. The molecule has 0 fully saturated rings. The largest absolute Gasteiger partial charge is 0.507 e. The van der Waals surface area contributed by atoms with Gasteiger partial charge in [0.05, 0.1) is 17.1 Å². The van der Waals surface area contributed by atoms with Gasteiger partial charge in [0.2, 0.25) is 0 Å². The van der Waals surface area contributed by atoms with Gasteiger partial charge in [-0.2, -0.15) is 0 Å². The molecule has 0 aliphatic carbocycles. The van der Waals surface area contributed by atoms with E-state index in [1.807, 2.05) is 30.3 Å². The molecular formula is C21H18N2O5. The van der Waals surface area contributed by atoms with E-state index in [-0.39, 0.29) is 17.0 Å². The second-order valence-electron chi connectivity index (χ2n) is 6.02. The van der Waals surface area contributed by atoms with E-state index >= 15 is 0 Å². The second kappa shape index (κ2) is 8.68. The minimum atomic E-state index is -0.640. The van der Waals surface area contributed by atoms with Gasteiger partial charge in [-0.25, -0.2) is 0 Å². The number of ether oxygens (including phenoxy) is 1. The van der Waals surface area contributed by atoms with Crippen LogP contribution < -0.4 is 10.1 Å². The molecule has 0 saturated heterocycles. The molecule has 3 rings (SSSR count). The van der Waals surface area contributed by atoms with Crippen molar-refractivity contribution < 1.29 is 19.6 Å². The fourth-order valence-corrected chi connectivity index (χ4v) is 2.58. The number of nitrogens with zero attached hydrogens (tertiary/aromatic N) is 1. The van der Waals surface area contributed by atoms with Gasteiger partial charge in [-0.05, 0) is 35.9 Å². The molecule has 28 heavy (non-hydrogen) atoms. The number of benzene rings is 3. The molecule has 0 aliphatic heterocycles. The van der Waals surface area contributed by atoms with Crippen LogP contribution >= 0.6 is 0 Å². The van der Waals surface area contributed by atoms with E-state index in [9.17, 15) is 20.0 Å². The summed E-state index contributed by atoms with van der Waals surface area (Å²) in [6.45, 7) is 0.525. The van der Waals surface area contributed by atoms with Crippen LogP contribution in [0.4, 0.5) is 11.4 Å². The summed E-state index contributed by atoms with van der Waals surface area (Å²) < 4.78 is 5.69. The Morgan fingerprint density at radius 1 is 1.04 bits per heavy atom. The highest BCUT2D eigenvalue weighted by Crippen LogP contribution is 2.24. The molecule has 0 aliphatic rings. The molecule has 0 saturated carbocycles. The van der Waals surface area contributed by atoms with Gasteiger partial charge in [0.1, 0.15) is 11.5 Å². The zero-order valence-corrected chi connectivity index (χ0v) is 14.9. The van der Waals surface area contributed by atoms with Gasteiger partial charge in [0, 0.05) is 24.2 Å². The van der Waals surface area contributed by atoms with Crippen LogP contribution in [-0.2, 0) is 6.42 Å². The SMILES string of the molecule is O=C(Nc1ccc(OCCc2ccccc2)cc1)c1cc([N+](=O)[O-])ccc1O. The zero-order chi connectivity index (χ0) is 19.9. The third-order valence-corrected chi connectivity index (χ3v) is 4.05. The number of carbonyl (C=O) groups excluding carboxylic acids is 1. The van der Waals surface area contributed by atoms with E-state index in [2.05, 4.69) is 5.32 Å².